The van der Waals surface area contributed by atoms with Crippen molar-refractivity contribution in [1.82, 2.24) is 4.90 Å². The van der Waals surface area contributed by atoms with Gasteiger partial charge in [0.05, 0.1) is 5.69 Å². The van der Waals surface area contributed by atoms with Crippen LogP contribution in [0.5, 0.6) is 0 Å². The van der Waals surface area contributed by atoms with E-state index in [-0.39, 0.29) is 11.8 Å². The van der Waals surface area contributed by atoms with Crippen molar-refractivity contribution in [3.63, 3.8) is 0 Å². The van der Waals surface area contributed by atoms with E-state index in [9.17, 15) is 4.79 Å². The number of nitrogens with one attached hydrogen (secondary N) is 1. The SMILES string of the molecule is CSc1ccccc1NC(=O)C1CCN(C)CC1. The van der Waals surface area contributed by atoms with E-state index in [0.717, 1.165) is 36.5 Å². The minimum Gasteiger partial charge on any atom is -0.325 e. The molecule has 0 saturated carbocycles. The van der Waals surface area contributed by atoms with Gasteiger partial charge in [0.15, 0.2) is 0 Å². The molecular weight excluding hydrogens is 244 g/mol. The Morgan fingerprint density at radius 1 is 1.33 bits per heavy atom. The van der Waals surface area contributed by atoms with Gasteiger partial charge in [0.2, 0.25) is 5.91 Å². The van der Waals surface area contributed by atoms with Crippen molar-refractivity contribution in [2.45, 2.75) is 17.7 Å². The van der Waals surface area contributed by atoms with E-state index in [1.807, 2.05) is 30.5 Å². The van der Waals surface area contributed by atoms with Crippen LogP contribution in [0, 0.1) is 5.92 Å². The zero-order chi connectivity index (χ0) is 13.0. The lowest BCUT2D eigenvalue weighted by atomic mass is 9.96. The molecule has 0 spiro atoms. The second-order valence-corrected chi connectivity index (χ2v) is 5.62. The molecule has 4 heteroatoms. The van der Waals surface area contributed by atoms with Crippen LogP contribution in [0.15, 0.2) is 29.2 Å². The highest BCUT2D eigenvalue weighted by molar-refractivity contribution is 7.98. The van der Waals surface area contributed by atoms with Gasteiger partial charge in [0.1, 0.15) is 0 Å². The molecule has 1 amide bonds. The minimum absolute atomic E-state index is 0.163. The van der Waals surface area contributed by atoms with Gasteiger partial charge in [-0.3, -0.25) is 4.79 Å². The highest BCUT2D eigenvalue weighted by Gasteiger charge is 2.23. The van der Waals surface area contributed by atoms with Gasteiger partial charge in [0.25, 0.3) is 0 Å². The third-order valence-electron chi connectivity index (χ3n) is 3.45. The molecular formula is C14H20N2OS. The summed E-state index contributed by atoms with van der Waals surface area (Å²) >= 11 is 1.66. The number of para-hydroxylation sites is 1. The number of carbonyl (C=O) groups excluding carboxylic acids is 1. The summed E-state index contributed by atoms with van der Waals surface area (Å²) in [4.78, 5) is 15.6. The number of anilines is 1. The molecule has 0 aliphatic carbocycles. The first kappa shape index (κ1) is 13.4. The van der Waals surface area contributed by atoms with Gasteiger partial charge in [0, 0.05) is 10.8 Å². The number of likely N-dealkylation sites (tertiary alicyclic amines) is 1. The number of thioether (sulfide) groups is 1. The van der Waals surface area contributed by atoms with E-state index in [1.165, 1.54) is 0 Å². The Bertz CT molecular complexity index is 414. The molecule has 1 N–H and O–H groups in total. The van der Waals surface area contributed by atoms with Crippen molar-refractivity contribution in [3.05, 3.63) is 24.3 Å². The molecule has 0 aromatic heterocycles. The normalized spacial score (nSPS) is 17.7. The molecule has 3 nitrogen and oxygen atoms in total. The summed E-state index contributed by atoms with van der Waals surface area (Å²) in [7, 11) is 2.11. The van der Waals surface area contributed by atoms with E-state index < -0.39 is 0 Å². The number of hydrogen-bond acceptors (Lipinski definition) is 3. The second kappa shape index (κ2) is 6.25. The van der Waals surface area contributed by atoms with Crippen LogP contribution in [0.25, 0.3) is 0 Å². The van der Waals surface area contributed by atoms with Gasteiger partial charge in [-0.1, -0.05) is 12.1 Å². The predicted molar refractivity (Wildman–Crippen MR) is 77.1 cm³/mol. The first-order valence-corrected chi connectivity index (χ1v) is 7.55. The smallest absolute Gasteiger partial charge is 0.227 e. The Balaban J connectivity index is 1.98. The van der Waals surface area contributed by atoms with Gasteiger partial charge < -0.3 is 10.2 Å². The van der Waals surface area contributed by atoms with Crippen LogP contribution in [0.4, 0.5) is 5.69 Å². The predicted octanol–water partition coefficient (Wildman–Crippen LogP) is 2.69. The molecule has 1 aliphatic heterocycles. The first-order chi connectivity index (χ1) is 8.70. The number of nitrogens with zero attached hydrogens (tertiary/aromatic N) is 1. The van der Waals surface area contributed by atoms with E-state index in [0.29, 0.717) is 0 Å². The fourth-order valence-electron chi connectivity index (χ4n) is 2.25. The lowest BCUT2D eigenvalue weighted by Crippen LogP contribution is -2.35. The molecule has 1 heterocycles. The maximum atomic E-state index is 12.2. The van der Waals surface area contributed by atoms with Gasteiger partial charge in [-0.25, -0.2) is 0 Å². The molecule has 0 radical (unpaired) electrons. The van der Waals surface area contributed by atoms with Crippen LogP contribution in [0.3, 0.4) is 0 Å². The zero-order valence-electron chi connectivity index (χ0n) is 11.0. The lowest BCUT2D eigenvalue weighted by molar-refractivity contribution is -0.121. The van der Waals surface area contributed by atoms with Gasteiger partial charge in [-0.05, 0) is 51.4 Å². The maximum Gasteiger partial charge on any atom is 0.227 e. The lowest BCUT2D eigenvalue weighted by Gasteiger charge is -2.28. The summed E-state index contributed by atoms with van der Waals surface area (Å²) in [5.41, 5.74) is 0.939. The van der Waals surface area contributed by atoms with Crippen LogP contribution in [-0.2, 0) is 4.79 Å². The van der Waals surface area contributed by atoms with Crippen molar-refractivity contribution in [1.29, 1.82) is 0 Å². The Hall–Kier alpha value is -1.00. The molecule has 1 aromatic carbocycles. The number of benzene rings is 1. The summed E-state index contributed by atoms with van der Waals surface area (Å²) in [6, 6.07) is 7.97. The third kappa shape index (κ3) is 3.27. The molecule has 18 heavy (non-hydrogen) atoms. The molecule has 1 aromatic rings. The Morgan fingerprint density at radius 3 is 2.67 bits per heavy atom. The second-order valence-electron chi connectivity index (χ2n) is 4.77. The number of carbonyl (C=O) groups is 1. The van der Waals surface area contributed by atoms with Crippen molar-refractivity contribution < 1.29 is 4.79 Å². The monoisotopic (exact) mass is 264 g/mol. The molecule has 0 unspecified atom stereocenters. The van der Waals surface area contributed by atoms with Crippen molar-refractivity contribution in [2.24, 2.45) is 5.92 Å². The summed E-state index contributed by atoms with van der Waals surface area (Å²) in [5, 5.41) is 3.07. The maximum absolute atomic E-state index is 12.2. The van der Waals surface area contributed by atoms with Crippen LogP contribution in [0.2, 0.25) is 0 Å². The highest BCUT2D eigenvalue weighted by Crippen LogP contribution is 2.26. The summed E-state index contributed by atoms with van der Waals surface area (Å²) in [5.74, 6) is 0.334. The third-order valence-corrected chi connectivity index (χ3v) is 4.25. The molecule has 1 saturated heterocycles. The fraction of sp³-hybridized carbons (Fsp3) is 0.500. The standard InChI is InChI=1S/C14H20N2OS/c1-16-9-7-11(8-10-16)14(17)15-12-5-3-4-6-13(12)18-2/h3-6,11H,7-10H2,1-2H3,(H,15,17). The van der Waals surface area contributed by atoms with Crippen LogP contribution in [-0.4, -0.2) is 37.2 Å². The Morgan fingerprint density at radius 2 is 2.00 bits per heavy atom. The van der Waals surface area contributed by atoms with E-state index in [4.69, 9.17) is 0 Å². The minimum atomic E-state index is 0.163. The van der Waals surface area contributed by atoms with E-state index >= 15 is 0 Å². The molecule has 0 atom stereocenters. The fourth-order valence-corrected chi connectivity index (χ4v) is 2.81. The highest BCUT2D eigenvalue weighted by atomic mass is 32.2. The van der Waals surface area contributed by atoms with Gasteiger partial charge in [-0.2, -0.15) is 0 Å². The van der Waals surface area contributed by atoms with E-state index in [1.54, 1.807) is 11.8 Å². The van der Waals surface area contributed by atoms with Crippen LogP contribution >= 0.6 is 11.8 Å². The van der Waals surface area contributed by atoms with Crippen LogP contribution < -0.4 is 5.32 Å². The summed E-state index contributed by atoms with van der Waals surface area (Å²) < 4.78 is 0. The quantitative estimate of drug-likeness (QED) is 0.852. The van der Waals surface area contributed by atoms with Crippen LogP contribution in [0.1, 0.15) is 12.8 Å². The number of hydrogen-bond donors (Lipinski definition) is 1. The summed E-state index contributed by atoms with van der Waals surface area (Å²) in [6.45, 7) is 2.03. The topological polar surface area (TPSA) is 32.3 Å². The van der Waals surface area contributed by atoms with E-state index in [2.05, 4.69) is 17.3 Å². The molecule has 2 rings (SSSR count). The molecule has 98 valence electrons. The van der Waals surface area contributed by atoms with Crippen molar-refractivity contribution >= 4 is 23.4 Å². The van der Waals surface area contributed by atoms with Gasteiger partial charge in [-0.15, -0.1) is 11.8 Å². The number of amides is 1. The zero-order valence-corrected chi connectivity index (χ0v) is 11.8. The summed E-state index contributed by atoms with van der Waals surface area (Å²) in [6.07, 6.45) is 3.95. The van der Waals surface area contributed by atoms with Crippen molar-refractivity contribution in [2.75, 3.05) is 31.7 Å². The average Bonchev–Trinajstić information content (AvgIpc) is 2.40. The first-order valence-electron chi connectivity index (χ1n) is 6.33. The van der Waals surface area contributed by atoms with Gasteiger partial charge >= 0.3 is 0 Å². The molecule has 1 fully saturated rings. The largest absolute Gasteiger partial charge is 0.325 e. The number of piperidine rings is 1. The molecule has 0 bridgehead atoms. The number of rotatable bonds is 3. The Labute approximate surface area is 113 Å². The van der Waals surface area contributed by atoms with Crippen molar-refractivity contribution in [3.8, 4) is 0 Å². The average molecular weight is 264 g/mol. The molecule has 1 aliphatic rings. The Kier molecular flexibility index (Phi) is 4.66.